The van der Waals surface area contributed by atoms with E-state index in [0.29, 0.717) is 18.7 Å². The number of nitrogens with zero attached hydrogens (tertiary/aromatic N) is 4. The minimum Gasteiger partial charge on any atom is -0.325 e. The zero-order valence-corrected chi connectivity index (χ0v) is 16.3. The highest BCUT2D eigenvalue weighted by Crippen LogP contribution is 2.38. The Morgan fingerprint density at radius 2 is 2.07 bits per heavy atom. The van der Waals surface area contributed by atoms with E-state index in [4.69, 9.17) is 0 Å². The number of hydrogen-bond donors (Lipinski definition) is 2. The van der Waals surface area contributed by atoms with E-state index in [1.165, 1.54) is 6.33 Å². The highest BCUT2D eigenvalue weighted by atomic mass is 16.2. The number of benzene rings is 1. The van der Waals surface area contributed by atoms with E-state index in [0.717, 1.165) is 29.7 Å². The minimum absolute atomic E-state index is 0.0679. The van der Waals surface area contributed by atoms with Gasteiger partial charge in [-0.1, -0.05) is 31.9 Å². The number of carbonyl (C=O) groups excluding carboxylic acids is 3. The molecule has 1 aromatic heterocycles. The predicted octanol–water partition coefficient (Wildman–Crippen LogP) is 1.77. The first kappa shape index (κ1) is 19.1. The van der Waals surface area contributed by atoms with Gasteiger partial charge in [-0.25, -0.2) is 14.5 Å². The van der Waals surface area contributed by atoms with Crippen molar-refractivity contribution in [3.63, 3.8) is 0 Å². The van der Waals surface area contributed by atoms with Crippen LogP contribution in [0.15, 0.2) is 36.9 Å². The van der Waals surface area contributed by atoms with Crippen molar-refractivity contribution in [2.24, 2.45) is 5.92 Å². The van der Waals surface area contributed by atoms with Crippen LogP contribution in [-0.4, -0.2) is 49.6 Å². The smallest absolute Gasteiger partial charge is 0.325 e. The van der Waals surface area contributed by atoms with Crippen LogP contribution in [0, 0.1) is 5.92 Å². The van der Waals surface area contributed by atoms with Crippen molar-refractivity contribution in [3.8, 4) is 0 Å². The second-order valence-corrected chi connectivity index (χ2v) is 7.78. The third kappa shape index (κ3) is 3.72. The Kier molecular flexibility index (Phi) is 5.04. The maximum absolute atomic E-state index is 12.9. The molecule has 1 saturated heterocycles. The predicted molar refractivity (Wildman–Crippen MR) is 105 cm³/mol. The van der Waals surface area contributed by atoms with Crippen LogP contribution in [0.1, 0.15) is 38.2 Å². The molecule has 2 aliphatic rings. The van der Waals surface area contributed by atoms with Crippen molar-refractivity contribution in [2.75, 3.05) is 11.9 Å². The standard InChI is InChI=1S/C20H24N6O3/c1-14-4-2-3-9-20(14)18(28)26(19(29)24-20)11-17(27)23-16-7-5-15(6-8-16)10-25-13-21-12-22-25/h5-8,12-14H,2-4,9-11H2,1H3,(H,23,27)(H,24,29)/t14-,20-/m0/s1. The lowest BCUT2D eigenvalue weighted by atomic mass is 9.73. The fraction of sp³-hybridized carbons (Fsp3) is 0.450. The molecule has 1 saturated carbocycles. The van der Waals surface area contributed by atoms with E-state index in [9.17, 15) is 14.4 Å². The van der Waals surface area contributed by atoms with Crippen molar-refractivity contribution < 1.29 is 14.4 Å². The van der Waals surface area contributed by atoms with Crippen molar-refractivity contribution in [2.45, 2.75) is 44.7 Å². The summed E-state index contributed by atoms with van der Waals surface area (Å²) in [4.78, 5) is 42.7. The molecule has 2 atom stereocenters. The molecular weight excluding hydrogens is 372 g/mol. The highest BCUT2D eigenvalue weighted by Gasteiger charge is 2.55. The molecule has 0 unspecified atom stereocenters. The van der Waals surface area contributed by atoms with Crippen molar-refractivity contribution >= 4 is 23.5 Å². The summed E-state index contributed by atoms with van der Waals surface area (Å²) in [7, 11) is 0. The van der Waals surface area contributed by atoms with E-state index in [1.807, 2.05) is 19.1 Å². The monoisotopic (exact) mass is 396 g/mol. The summed E-state index contributed by atoms with van der Waals surface area (Å²) in [6.07, 6.45) is 6.59. The van der Waals surface area contributed by atoms with E-state index < -0.39 is 17.5 Å². The van der Waals surface area contributed by atoms with Crippen LogP contribution in [0.5, 0.6) is 0 Å². The number of carbonyl (C=O) groups is 3. The normalized spacial score (nSPS) is 24.0. The quantitative estimate of drug-likeness (QED) is 0.749. The van der Waals surface area contributed by atoms with Crippen molar-refractivity contribution in [1.82, 2.24) is 25.0 Å². The minimum atomic E-state index is -0.849. The van der Waals surface area contributed by atoms with Gasteiger partial charge in [0.15, 0.2) is 0 Å². The van der Waals surface area contributed by atoms with Crippen LogP contribution in [-0.2, 0) is 16.1 Å². The third-order valence-corrected chi connectivity index (χ3v) is 5.85. The van der Waals surface area contributed by atoms with E-state index in [-0.39, 0.29) is 18.4 Å². The molecule has 1 spiro atoms. The van der Waals surface area contributed by atoms with Gasteiger partial charge in [-0.2, -0.15) is 5.10 Å². The molecule has 4 amide bonds. The highest BCUT2D eigenvalue weighted by molar-refractivity contribution is 6.10. The van der Waals surface area contributed by atoms with Gasteiger partial charge >= 0.3 is 6.03 Å². The fourth-order valence-electron chi connectivity index (χ4n) is 4.18. The molecule has 1 aliphatic heterocycles. The first-order chi connectivity index (χ1) is 14.0. The summed E-state index contributed by atoms with van der Waals surface area (Å²) in [6.45, 7) is 2.28. The summed E-state index contributed by atoms with van der Waals surface area (Å²) in [6, 6.07) is 6.83. The lowest BCUT2D eigenvalue weighted by molar-refractivity contribution is -0.136. The van der Waals surface area contributed by atoms with Gasteiger partial charge in [-0.15, -0.1) is 0 Å². The van der Waals surface area contributed by atoms with Gasteiger partial charge in [0, 0.05) is 5.69 Å². The van der Waals surface area contributed by atoms with E-state index in [1.54, 1.807) is 23.1 Å². The number of anilines is 1. The van der Waals surface area contributed by atoms with Crippen molar-refractivity contribution in [3.05, 3.63) is 42.5 Å². The van der Waals surface area contributed by atoms with Gasteiger partial charge < -0.3 is 10.6 Å². The Morgan fingerprint density at radius 1 is 1.28 bits per heavy atom. The summed E-state index contributed by atoms with van der Waals surface area (Å²) in [5.74, 6) is -0.621. The zero-order valence-electron chi connectivity index (χ0n) is 16.3. The molecule has 2 N–H and O–H groups in total. The van der Waals surface area contributed by atoms with Gasteiger partial charge in [0.2, 0.25) is 5.91 Å². The number of hydrogen-bond acceptors (Lipinski definition) is 5. The number of rotatable bonds is 5. The SMILES string of the molecule is C[C@H]1CCCC[C@]12NC(=O)N(CC(=O)Nc1ccc(Cn3cncn3)cc1)C2=O. The fourth-order valence-corrected chi connectivity index (χ4v) is 4.18. The number of imide groups is 1. The van der Waals surface area contributed by atoms with Crippen LogP contribution in [0.25, 0.3) is 0 Å². The average Bonchev–Trinajstić information content (AvgIpc) is 3.29. The van der Waals surface area contributed by atoms with Crippen molar-refractivity contribution in [1.29, 1.82) is 0 Å². The molecule has 0 radical (unpaired) electrons. The van der Waals surface area contributed by atoms with E-state index >= 15 is 0 Å². The molecule has 2 fully saturated rings. The van der Waals surface area contributed by atoms with Crippen LogP contribution in [0.4, 0.5) is 10.5 Å². The Morgan fingerprint density at radius 3 is 2.76 bits per heavy atom. The Labute approximate surface area is 168 Å². The molecule has 0 bridgehead atoms. The maximum atomic E-state index is 12.9. The topological polar surface area (TPSA) is 109 Å². The number of aromatic nitrogens is 3. The van der Waals surface area contributed by atoms with Crippen LogP contribution in [0.3, 0.4) is 0 Å². The molecule has 2 aromatic rings. The molecule has 152 valence electrons. The molecule has 4 rings (SSSR count). The second-order valence-electron chi connectivity index (χ2n) is 7.78. The average molecular weight is 396 g/mol. The molecule has 1 aromatic carbocycles. The maximum Gasteiger partial charge on any atom is 0.325 e. The zero-order chi connectivity index (χ0) is 20.4. The lowest BCUT2D eigenvalue weighted by Gasteiger charge is -2.36. The molecule has 2 heterocycles. The Bertz CT molecular complexity index is 911. The molecule has 9 heteroatoms. The molecule has 1 aliphatic carbocycles. The number of urea groups is 1. The largest absolute Gasteiger partial charge is 0.325 e. The van der Waals surface area contributed by atoms with Gasteiger partial charge in [-0.3, -0.25) is 14.5 Å². The first-order valence-electron chi connectivity index (χ1n) is 9.83. The van der Waals surface area contributed by atoms with Crippen LogP contribution >= 0.6 is 0 Å². The Hall–Kier alpha value is -3.23. The summed E-state index contributed by atoms with van der Waals surface area (Å²) < 4.78 is 1.70. The molecule has 9 nitrogen and oxygen atoms in total. The lowest BCUT2D eigenvalue weighted by Crippen LogP contribution is -2.54. The van der Waals surface area contributed by atoms with Gasteiger partial charge in [0.05, 0.1) is 6.54 Å². The molecule has 29 heavy (non-hydrogen) atoms. The Balaban J connectivity index is 1.37. The van der Waals surface area contributed by atoms with Gasteiger partial charge in [-0.05, 0) is 36.5 Å². The van der Waals surface area contributed by atoms with Crippen LogP contribution < -0.4 is 10.6 Å². The summed E-state index contributed by atoms with van der Waals surface area (Å²) in [5.41, 5.74) is 0.763. The van der Waals surface area contributed by atoms with Crippen LogP contribution in [0.2, 0.25) is 0 Å². The van der Waals surface area contributed by atoms with Gasteiger partial charge in [0.1, 0.15) is 24.7 Å². The number of nitrogens with one attached hydrogen (secondary N) is 2. The number of amides is 4. The first-order valence-corrected chi connectivity index (χ1v) is 9.83. The third-order valence-electron chi connectivity index (χ3n) is 5.85. The van der Waals surface area contributed by atoms with Gasteiger partial charge in [0.25, 0.3) is 5.91 Å². The van der Waals surface area contributed by atoms with E-state index in [2.05, 4.69) is 20.7 Å². The summed E-state index contributed by atoms with van der Waals surface area (Å²) in [5, 5.41) is 9.67. The summed E-state index contributed by atoms with van der Waals surface area (Å²) >= 11 is 0. The second kappa shape index (κ2) is 7.65. The molecular formula is C20H24N6O3.